The number of nitrogens with zero attached hydrogens (tertiary/aromatic N) is 2. The highest BCUT2D eigenvalue weighted by molar-refractivity contribution is 5.75. The molecule has 2 rings (SSSR count). The number of hydrogen-bond acceptors (Lipinski definition) is 4. The van der Waals surface area contributed by atoms with Crippen molar-refractivity contribution in [2.75, 3.05) is 18.4 Å². The zero-order valence-corrected chi connectivity index (χ0v) is 10.5. The standard InChI is InChI=1S/C11H13F3N4O2/c12-11(13,14)6-16-9(19)5-18-10(20)4-8-7(17-18)2-1-3-15-8/h4,15H,1-3,5-6H2,(H,16,19). The van der Waals surface area contributed by atoms with Gasteiger partial charge in [0.15, 0.2) is 0 Å². The van der Waals surface area contributed by atoms with Crippen molar-refractivity contribution in [3.05, 3.63) is 22.1 Å². The van der Waals surface area contributed by atoms with Gasteiger partial charge in [-0.05, 0) is 12.8 Å². The van der Waals surface area contributed by atoms with Crippen LogP contribution in [0.15, 0.2) is 10.9 Å². The number of aryl methyl sites for hydroxylation is 1. The second-order valence-electron chi connectivity index (χ2n) is 4.42. The van der Waals surface area contributed by atoms with Crippen LogP contribution in [0, 0.1) is 0 Å². The molecule has 2 N–H and O–H groups in total. The Hall–Kier alpha value is -2.06. The van der Waals surface area contributed by atoms with Crippen LogP contribution in [0.1, 0.15) is 12.1 Å². The van der Waals surface area contributed by atoms with Crippen LogP contribution in [-0.4, -0.2) is 35.0 Å². The first kappa shape index (κ1) is 14.4. The molecule has 1 aliphatic rings. The first-order chi connectivity index (χ1) is 9.35. The van der Waals surface area contributed by atoms with E-state index in [9.17, 15) is 22.8 Å². The van der Waals surface area contributed by atoms with Crippen molar-refractivity contribution in [3.8, 4) is 0 Å². The topological polar surface area (TPSA) is 76.0 Å². The van der Waals surface area contributed by atoms with Gasteiger partial charge < -0.3 is 10.6 Å². The third kappa shape index (κ3) is 3.72. The fourth-order valence-corrected chi connectivity index (χ4v) is 1.85. The second kappa shape index (κ2) is 5.51. The van der Waals surface area contributed by atoms with Gasteiger partial charge in [0.2, 0.25) is 5.91 Å². The fourth-order valence-electron chi connectivity index (χ4n) is 1.85. The summed E-state index contributed by atoms with van der Waals surface area (Å²) in [6.07, 6.45) is -2.97. The summed E-state index contributed by atoms with van der Waals surface area (Å²) in [5, 5.41) is 8.70. The summed E-state index contributed by atoms with van der Waals surface area (Å²) < 4.78 is 36.7. The van der Waals surface area contributed by atoms with Gasteiger partial charge in [-0.1, -0.05) is 0 Å². The van der Waals surface area contributed by atoms with E-state index in [0.29, 0.717) is 17.8 Å². The monoisotopic (exact) mass is 290 g/mol. The summed E-state index contributed by atoms with van der Waals surface area (Å²) in [4.78, 5) is 23.0. The smallest absolute Gasteiger partial charge is 0.383 e. The van der Waals surface area contributed by atoms with Crippen molar-refractivity contribution in [1.82, 2.24) is 15.1 Å². The fraction of sp³-hybridized carbons (Fsp3) is 0.545. The minimum Gasteiger partial charge on any atom is -0.383 e. The van der Waals surface area contributed by atoms with E-state index in [1.54, 1.807) is 5.32 Å². The number of hydrogen-bond donors (Lipinski definition) is 2. The minimum atomic E-state index is -4.48. The Morgan fingerprint density at radius 1 is 1.50 bits per heavy atom. The summed E-state index contributed by atoms with van der Waals surface area (Å²) in [6.45, 7) is -1.21. The predicted molar refractivity (Wildman–Crippen MR) is 64.4 cm³/mol. The molecule has 0 saturated carbocycles. The summed E-state index contributed by atoms with van der Waals surface area (Å²) in [6, 6.07) is 1.30. The molecule has 1 aliphatic heterocycles. The van der Waals surface area contributed by atoms with Crippen molar-refractivity contribution < 1.29 is 18.0 Å². The number of carbonyl (C=O) groups is 1. The lowest BCUT2D eigenvalue weighted by atomic mass is 10.1. The van der Waals surface area contributed by atoms with Gasteiger partial charge in [-0.3, -0.25) is 9.59 Å². The Bertz CT molecular complexity index is 568. The predicted octanol–water partition coefficient (Wildman–Crippen LogP) is 0.280. The van der Waals surface area contributed by atoms with Gasteiger partial charge in [0, 0.05) is 12.6 Å². The van der Waals surface area contributed by atoms with E-state index in [1.165, 1.54) is 6.07 Å². The number of anilines is 1. The molecule has 6 nitrogen and oxygen atoms in total. The highest BCUT2D eigenvalue weighted by Crippen LogP contribution is 2.16. The van der Waals surface area contributed by atoms with Crippen molar-refractivity contribution in [3.63, 3.8) is 0 Å². The SMILES string of the molecule is O=C(Cn1nc2c(cc1=O)NCCC2)NCC(F)(F)F. The second-order valence-corrected chi connectivity index (χ2v) is 4.42. The Morgan fingerprint density at radius 2 is 2.25 bits per heavy atom. The molecular formula is C11H13F3N4O2. The first-order valence-electron chi connectivity index (χ1n) is 6.03. The number of nitrogens with one attached hydrogen (secondary N) is 2. The van der Waals surface area contributed by atoms with Gasteiger partial charge in [-0.2, -0.15) is 18.3 Å². The van der Waals surface area contributed by atoms with E-state index in [2.05, 4.69) is 10.4 Å². The van der Waals surface area contributed by atoms with E-state index in [0.717, 1.165) is 17.6 Å². The molecule has 0 aliphatic carbocycles. The Kier molecular flexibility index (Phi) is 3.96. The molecule has 0 aromatic carbocycles. The van der Waals surface area contributed by atoms with Gasteiger partial charge in [0.05, 0.1) is 11.4 Å². The molecule has 20 heavy (non-hydrogen) atoms. The van der Waals surface area contributed by atoms with E-state index in [4.69, 9.17) is 0 Å². The average molecular weight is 290 g/mol. The highest BCUT2D eigenvalue weighted by Gasteiger charge is 2.27. The molecule has 0 atom stereocenters. The molecule has 110 valence electrons. The lowest BCUT2D eigenvalue weighted by Crippen LogP contribution is -2.39. The van der Waals surface area contributed by atoms with E-state index in [1.807, 2.05) is 0 Å². The largest absolute Gasteiger partial charge is 0.405 e. The van der Waals surface area contributed by atoms with Crippen LogP contribution in [0.25, 0.3) is 0 Å². The number of amides is 1. The maximum atomic E-state index is 12.0. The third-order valence-corrected chi connectivity index (χ3v) is 2.76. The van der Waals surface area contributed by atoms with Crippen LogP contribution in [0.2, 0.25) is 0 Å². The number of aromatic nitrogens is 2. The Labute approximate surface area is 112 Å². The van der Waals surface area contributed by atoms with Gasteiger partial charge in [0.25, 0.3) is 5.56 Å². The number of alkyl halides is 3. The lowest BCUT2D eigenvalue weighted by Gasteiger charge is -2.17. The summed E-state index contributed by atoms with van der Waals surface area (Å²) in [7, 11) is 0. The van der Waals surface area contributed by atoms with Crippen molar-refractivity contribution in [2.45, 2.75) is 25.6 Å². The van der Waals surface area contributed by atoms with E-state index < -0.39 is 30.7 Å². The molecule has 9 heteroatoms. The van der Waals surface area contributed by atoms with Crippen LogP contribution in [-0.2, 0) is 17.8 Å². The van der Waals surface area contributed by atoms with Gasteiger partial charge in [-0.15, -0.1) is 0 Å². The quantitative estimate of drug-likeness (QED) is 0.838. The maximum absolute atomic E-state index is 12.0. The van der Waals surface area contributed by atoms with Crippen molar-refractivity contribution in [2.24, 2.45) is 0 Å². The Morgan fingerprint density at radius 3 is 2.95 bits per heavy atom. The molecular weight excluding hydrogens is 277 g/mol. The number of rotatable bonds is 3. The molecule has 1 aromatic rings. The molecule has 1 aromatic heterocycles. The number of halogens is 3. The summed E-state index contributed by atoms with van der Waals surface area (Å²) in [5.74, 6) is -0.902. The average Bonchev–Trinajstić information content (AvgIpc) is 2.36. The molecule has 0 radical (unpaired) electrons. The van der Waals surface area contributed by atoms with E-state index in [-0.39, 0.29) is 0 Å². The van der Waals surface area contributed by atoms with Crippen LogP contribution in [0.4, 0.5) is 18.9 Å². The zero-order chi connectivity index (χ0) is 14.8. The number of fused-ring (bicyclic) bond motifs is 1. The van der Waals surface area contributed by atoms with Crippen molar-refractivity contribution in [1.29, 1.82) is 0 Å². The molecule has 0 unspecified atom stereocenters. The summed E-state index contributed by atoms with van der Waals surface area (Å²) in [5.41, 5.74) is 0.730. The van der Waals surface area contributed by atoms with Crippen molar-refractivity contribution >= 4 is 11.6 Å². The van der Waals surface area contributed by atoms with Crippen LogP contribution < -0.4 is 16.2 Å². The molecule has 0 spiro atoms. The van der Waals surface area contributed by atoms with Crippen LogP contribution in [0.3, 0.4) is 0 Å². The first-order valence-corrected chi connectivity index (χ1v) is 6.03. The molecule has 0 fully saturated rings. The van der Waals surface area contributed by atoms with Gasteiger partial charge in [0.1, 0.15) is 13.1 Å². The molecule has 0 bridgehead atoms. The highest BCUT2D eigenvalue weighted by atomic mass is 19.4. The lowest BCUT2D eigenvalue weighted by molar-refractivity contribution is -0.138. The molecule has 0 saturated heterocycles. The normalized spacial score (nSPS) is 14.3. The molecule has 1 amide bonds. The summed E-state index contributed by atoms with van der Waals surface area (Å²) >= 11 is 0. The van der Waals surface area contributed by atoms with Gasteiger partial charge >= 0.3 is 6.18 Å². The molecule has 2 heterocycles. The van der Waals surface area contributed by atoms with E-state index >= 15 is 0 Å². The van der Waals surface area contributed by atoms with Gasteiger partial charge in [-0.25, -0.2) is 4.68 Å². The minimum absolute atomic E-state index is 0.526. The van der Waals surface area contributed by atoms with Crippen LogP contribution >= 0.6 is 0 Å². The Balaban J connectivity index is 2.06. The third-order valence-electron chi connectivity index (χ3n) is 2.76. The maximum Gasteiger partial charge on any atom is 0.405 e. The number of carbonyl (C=O) groups excluding carboxylic acids is 1. The zero-order valence-electron chi connectivity index (χ0n) is 10.5. The van der Waals surface area contributed by atoms with Crippen LogP contribution in [0.5, 0.6) is 0 Å².